The Labute approximate surface area is 165 Å². The average Bonchev–Trinajstić information content (AvgIpc) is 2.66. The molecule has 0 unspecified atom stereocenters. The summed E-state index contributed by atoms with van der Waals surface area (Å²) in [6.07, 6.45) is 5.04. The molecule has 0 bridgehead atoms. The molecular formula is C20H28N6O2. The second kappa shape index (κ2) is 8.41. The first-order chi connectivity index (χ1) is 13.3. The van der Waals surface area contributed by atoms with Gasteiger partial charge >= 0.3 is 0 Å². The van der Waals surface area contributed by atoms with Gasteiger partial charge < -0.3 is 20.6 Å². The molecule has 0 spiro atoms. The highest BCUT2D eigenvalue weighted by Crippen LogP contribution is 2.24. The second-order valence-electron chi connectivity index (χ2n) is 7.55. The summed E-state index contributed by atoms with van der Waals surface area (Å²) in [7, 11) is 3.96. The third kappa shape index (κ3) is 4.68. The highest BCUT2D eigenvalue weighted by atomic mass is 16.3. The summed E-state index contributed by atoms with van der Waals surface area (Å²) >= 11 is 0. The van der Waals surface area contributed by atoms with Crippen molar-refractivity contribution in [3.63, 3.8) is 0 Å². The van der Waals surface area contributed by atoms with Crippen LogP contribution in [0.5, 0.6) is 5.88 Å². The highest BCUT2D eigenvalue weighted by Gasteiger charge is 2.24. The molecule has 3 rings (SSSR count). The number of pyridine rings is 1. The Morgan fingerprint density at radius 2 is 1.79 bits per heavy atom. The molecule has 8 nitrogen and oxygen atoms in total. The van der Waals surface area contributed by atoms with E-state index in [0.29, 0.717) is 17.6 Å². The zero-order valence-corrected chi connectivity index (χ0v) is 16.9. The molecule has 0 saturated heterocycles. The maximum atomic E-state index is 12.3. The molecule has 2 aromatic rings. The van der Waals surface area contributed by atoms with Crippen LogP contribution in [0.25, 0.3) is 0 Å². The highest BCUT2D eigenvalue weighted by molar-refractivity contribution is 5.94. The number of nitrogens with one attached hydrogen (secondary N) is 2. The van der Waals surface area contributed by atoms with E-state index in [1.807, 2.05) is 32.8 Å². The molecular weight excluding hydrogens is 356 g/mol. The number of hydrogen-bond donors (Lipinski definition) is 3. The van der Waals surface area contributed by atoms with E-state index in [1.54, 1.807) is 6.07 Å². The molecule has 1 saturated carbocycles. The Bertz CT molecular complexity index is 829. The predicted molar refractivity (Wildman–Crippen MR) is 109 cm³/mol. The van der Waals surface area contributed by atoms with Crippen molar-refractivity contribution in [2.45, 2.75) is 51.6 Å². The number of nitrogens with zero attached hydrogens (tertiary/aromatic N) is 4. The lowest BCUT2D eigenvalue weighted by molar-refractivity contribution is 0.0926. The van der Waals surface area contributed by atoms with Crippen molar-refractivity contribution < 1.29 is 9.90 Å². The molecule has 1 amide bonds. The van der Waals surface area contributed by atoms with E-state index in [9.17, 15) is 9.90 Å². The third-order valence-corrected chi connectivity index (χ3v) is 5.19. The topological polar surface area (TPSA) is 103 Å². The standard InChI is InChI=1S/C20H28N6O2/c1-12-13(2)22-20(25-18(12)26(3)4)24-16-8-6-15(7-9-16)23-19(28)14-5-10-17(27)21-11-14/h5,10-11,15-16H,6-9H2,1-4H3,(H,21,27)(H,23,28)(H,22,24,25)/t15-,16+. The van der Waals surface area contributed by atoms with E-state index in [-0.39, 0.29) is 17.8 Å². The number of aromatic nitrogens is 3. The Morgan fingerprint density at radius 3 is 2.39 bits per heavy atom. The van der Waals surface area contributed by atoms with E-state index in [2.05, 4.69) is 25.6 Å². The van der Waals surface area contributed by atoms with E-state index in [1.165, 1.54) is 12.3 Å². The van der Waals surface area contributed by atoms with Crippen LogP contribution in [0.4, 0.5) is 11.8 Å². The summed E-state index contributed by atoms with van der Waals surface area (Å²) < 4.78 is 0. The maximum Gasteiger partial charge on any atom is 0.253 e. The van der Waals surface area contributed by atoms with E-state index in [4.69, 9.17) is 0 Å². The lowest BCUT2D eigenvalue weighted by atomic mass is 9.91. The summed E-state index contributed by atoms with van der Waals surface area (Å²) in [5.74, 6) is 1.35. The fraction of sp³-hybridized carbons (Fsp3) is 0.500. The third-order valence-electron chi connectivity index (χ3n) is 5.19. The molecule has 1 fully saturated rings. The van der Waals surface area contributed by atoms with E-state index in [0.717, 1.165) is 42.8 Å². The van der Waals surface area contributed by atoms with Crippen molar-refractivity contribution in [2.24, 2.45) is 0 Å². The molecule has 0 radical (unpaired) electrons. The molecule has 2 aromatic heterocycles. The fourth-order valence-corrected chi connectivity index (χ4v) is 3.47. The zero-order valence-electron chi connectivity index (χ0n) is 16.9. The molecule has 28 heavy (non-hydrogen) atoms. The van der Waals surface area contributed by atoms with Crippen LogP contribution in [0.2, 0.25) is 0 Å². The summed E-state index contributed by atoms with van der Waals surface area (Å²) in [4.78, 5) is 27.3. The number of amides is 1. The van der Waals surface area contributed by atoms with Crippen molar-refractivity contribution in [2.75, 3.05) is 24.3 Å². The summed E-state index contributed by atoms with van der Waals surface area (Å²) in [5, 5.41) is 15.7. The molecule has 0 aliphatic heterocycles. The summed E-state index contributed by atoms with van der Waals surface area (Å²) in [6.45, 7) is 4.03. The first-order valence-electron chi connectivity index (χ1n) is 9.58. The Kier molecular flexibility index (Phi) is 5.96. The monoisotopic (exact) mass is 384 g/mol. The largest absolute Gasteiger partial charge is 0.493 e. The van der Waals surface area contributed by atoms with Crippen LogP contribution < -0.4 is 15.5 Å². The first kappa shape index (κ1) is 19.9. The van der Waals surface area contributed by atoms with Crippen molar-refractivity contribution in [1.29, 1.82) is 0 Å². The van der Waals surface area contributed by atoms with E-state index < -0.39 is 0 Å². The Morgan fingerprint density at radius 1 is 1.11 bits per heavy atom. The predicted octanol–water partition coefficient (Wildman–Crippen LogP) is 2.41. The van der Waals surface area contributed by atoms with Crippen LogP contribution in [-0.4, -0.2) is 52.1 Å². The van der Waals surface area contributed by atoms with Crippen LogP contribution in [0.3, 0.4) is 0 Å². The normalized spacial score (nSPS) is 19.1. The minimum atomic E-state index is -0.156. The van der Waals surface area contributed by atoms with Gasteiger partial charge in [-0.1, -0.05) is 0 Å². The maximum absolute atomic E-state index is 12.3. The van der Waals surface area contributed by atoms with Crippen LogP contribution >= 0.6 is 0 Å². The lowest BCUT2D eigenvalue weighted by Crippen LogP contribution is -2.40. The minimum Gasteiger partial charge on any atom is -0.493 e. The number of anilines is 2. The van der Waals surface area contributed by atoms with Crippen LogP contribution in [0.15, 0.2) is 18.3 Å². The van der Waals surface area contributed by atoms with Gasteiger partial charge in [0.1, 0.15) is 5.82 Å². The van der Waals surface area contributed by atoms with Gasteiger partial charge in [-0.05, 0) is 45.6 Å². The second-order valence-corrected chi connectivity index (χ2v) is 7.55. The zero-order chi connectivity index (χ0) is 20.3. The smallest absolute Gasteiger partial charge is 0.253 e. The molecule has 150 valence electrons. The average molecular weight is 384 g/mol. The van der Waals surface area contributed by atoms with Crippen molar-refractivity contribution >= 4 is 17.7 Å². The summed E-state index contributed by atoms with van der Waals surface area (Å²) in [5.41, 5.74) is 2.52. The number of hydrogen-bond acceptors (Lipinski definition) is 7. The van der Waals surface area contributed by atoms with Gasteiger partial charge in [-0.3, -0.25) is 4.79 Å². The van der Waals surface area contributed by atoms with Crippen molar-refractivity contribution in [3.05, 3.63) is 35.2 Å². The van der Waals surface area contributed by atoms with Gasteiger partial charge in [0, 0.05) is 49.7 Å². The van der Waals surface area contributed by atoms with Gasteiger partial charge in [0.05, 0.1) is 5.56 Å². The Balaban J connectivity index is 1.54. The number of carbonyl (C=O) groups is 1. The molecule has 3 N–H and O–H groups in total. The van der Waals surface area contributed by atoms with Crippen molar-refractivity contribution in [1.82, 2.24) is 20.3 Å². The van der Waals surface area contributed by atoms with Gasteiger partial charge in [0.25, 0.3) is 5.91 Å². The molecule has 1 aliphatic carbocycles. The fourth-order valence-electron chi connectivity index (χ4n) is 3.47. The minimum absolute atomic E-state index is 0.0888. The van der Waals surface area contributed by atoms with Gasteiger partial charge in [-0.25, -0.2) is 9.97 Å². The van der Waals surface area contributed by atoms with E-state index >= 15 is 0 Å². The SMILES string of the molecule is Cc1nc(N[C@H]2CC[C@@H](NC(=O)c3ccc(O)nc3)CC2)nc(N(C)C)c1C. The van der Waals surface area contributed by atoms with Crippen molar-refractivity contribution in [3.8, 4) is 5.88 Å². The number of aromatic hydroxyl groups is 1. The quantitative estimate of drug-likeness (QED) is 0.727. The number of rotatable bonds is 5. The molecule has 8 heteroatoms. The van der Waals surface area contributed by atoms with Gasteiger partial charge in [-0.15, -0.1) is 0 Å². The molecule has 1 aliphatic rings. The van der Waals surface area contributed by atoms with Crippen LogP contribution in [0, 0.1) is 13.8 Å². The molecule has 0 aromatic carbocycles. The van der Waals surface area contributed by atoms with Gasteiger partial charge in [0.2, 0.25) is 11.8 Å². The first-order valence-corrected chi connectivity index (χ1v) is 9.58. The molecule has 2 heterocycles. The van der Waals surface area contributed by atoms with Gasteiger partial charge in [-0.2, -0.15) is 4.98 Å². The summed E-state index contributed by atoms with van der Waals surface area (Å²) in [6, 6.07) is 3.42. The number of aryl methyl sites for hydroxylation is 1. The lowest BCUT2D eigenvalue weighted by Gasteiger charge is -2.30. The number of carbonyl (C=O) groups excluding carboxylic acids is 1. The van der Waals surface area contributed by atoms with Gasteiger partial charge in [0.15, 0.2) is 0 Å². The van der Waals surface area contributed by atoms with Crippen LogP contribution in [0.1, 0.15) is 47.3 Å². The van der Waals surface area contributed by atoms with Crippen LogP contribution in [-0.2, 0) is 0 Å². The Hall–Kier alpha value is -2.90. The molecule has 0 atom stereocenters.